The van der Waals surface area contributed by atoms with E-state index in [9.17, 15) is 4.79 Å². The molecule has 1 aliphatic carbocycles. The molecule has 2 nitrogen and oxygen atoms in total. The zero-order chi connectivity index (χ0) is 7.40. The maximum atomic E-state index is 10.0. The lowest BCUT2D eigenvalue weighted by molar-refractivity contribution is -0.131. The highest BCUT2D eigenvalue weighted by atomic mass is 16.4. The molecule has 0 spiro atoms. The van der Waals surface area contributed by atoms with Crippen LogP contribution in [0.3, 0.4) is 0 Å². The van der Waals surface area contributed by atoms with Crippen LogP contribution in [0.2, 0.25) is 0 Å². The van der Waals surface area contributed by atoms with Crippen LogP contribution < -0.4 is 0 Å². The molecule has 0 aromatic rings. The molecule has 1 rings (SSSR count). The number of hydrogen-bond donors (Lipinski definition) is 1. The van der Waals surface area contributed by atoms with Gasteiger partial charge in [0.15, 0.2) is 0 Å². The third-order valence-corrected chi connectivity index (χ3v) is 1.24. The second kappa shape index (κ2) is 3.01. The van der Waals surface area contributed by atoms with Crippen molar-refractivity contribution in [1.29, 1.82) is 0 Å². The number of carboxylic acids is 1. The van der Waals surface area contributed by atoms with E-state index in [1.165, 1.54) is 0 Å². The second-order valence-electron chi connectivity index (χ2n) is 2.04. The van der Waals surface area contributed by atoms with Crippen molar-refractivity contribution in [3.05, 3.63) is 36.5 Å². The summed E-state index contributed by atoms with van der Waals surface area (Å²) in [5.41, 5.74) is 0. The van der Waals surface area contributed by atoms with Gasteiger partial charge in [0.1, 0.15) is 0 Å². The average molecular weight is 136 g/mol. The molecule has 1 N–H and O–H groups in total. The molecule has 0 aliphatic heterocycles. The van der Waals surface area contributed by atoms with Crippen LogP contribution in [0.25, 0.3) is 0 Å². The summed E-state index contributed by atoms with van der Waals surface area (Å²) in [5, 5.41) is 8.24. The van der Waals surface area contributed by atoms with Crippen LogP contribution in [0.4, 0.5) is 0 Å². The number of hydrogen-bond acceptors (Lipinski definition) is 1. The fourth-order valence-corrected chi connectivity index (χ4v) is 0.771. The van der Waals surface area contributed by atoms with Crippen molar-refractivity contribution in [2.45, 2.75) is 0 Å². The molecule has 0 unspecified atom stereocenters. The highest BCUT2D eigenvalue weighted by molar-refractivity contribution is 5.79. The van der Waals surface area contributed by atoms with Crippen LogP contribution >= 0.6 is 0 Å². The summed E-state index contributed by atoms with van der Waals surface area (Å²) < 4.78 is 0. The fourth-order valence-electron chi connectivity index (χ4n) is 0.771. The summed E-state index contributed by atoms with van der Waals surface area (Å²) in [6, 6.07) is 0. The van der Waals surface area contributed by atoms with E-state index >= 15 is 0 Å². The van der Waals surface area contributed by atoms with Gasteiger partial charge in [-0.15, -0.1) is 0 Å². The normalized spacial score (nSPS) is 17.2. The van der Waals surface area contributed by atoms with Gasteiger partial charge in [-0.1, -0.05) is 30.4 Å². The molecule has 1 aliphatic rings. The van der Waals surface area contributed by atoms with Crippen LogP contribution in [-0.4, -0.2) is 11.1 Å². The molecular formula is C8H8O2. The summed E-state index contributed by atoms with van der Waals surface area (Å²) >= 11 is 0. The summed E-state index contributed by atoms with van der Waals surface area (Å²) in [5.74, 6) is -0.718. The van der Waals surface area contributed by atoms with E-state index in [1.807, 2.05) is 24.3 Å². The molecule has 0 fully saturated rings. The Morgan fingerprint density at radius 1 is 1.40 bits per heavy atom. The van der Waals surface area contributed by atoms with Crippen molar-refractivity contribution in [3.8, 4) is 0 Å². The Balaban J connectivity index is 2.46. The van der Waals surface area contributed by atoms with E-state index in [1.54, 1.807) is 6.08 Å². The third kappa shape index (κ3) is 1.90. The molecule has 2 heteroatoms. The quantitative estimate of drug-likeness (QED) is 0.582. The molecule has 0 bridgehead atoms. The molecule has 52 valence electrons. The van der Waals surface area contributed by atoms with Crippen molar-refractivity contribution in [1.82, 2.24) is 0 Å². The lowest BCUT2D eigenvalue weighted by Gasteiger charge is -1.91. The average Bonchev–Trinajstić information content (AvgIpc) is 2.34. The number of carbonyl (C=O) groups is 1. The molecule has 0 saturated heterocycles. The number of rotatable bonds is 2. The van der Waals surface area contributed by atoms with E-state index < -0.39 is 5.97 Å². The number of carboxylic acid groups (broad SMARTS) is 1. The lowest BCUT2D eigenvalue weighted by Crippen LogP contribution is -1.89. The Morgan fingerprint density at radius 2 is 2.00 bits per heavy atom. The van der Waals surface area contributed by atoms with Crippen LogP contribution in [0.1, 0.15) is 0 Å². The summed E-state index contributed by atoms with van der Waals surface area (Å²) in [4.78, 5) is 10.0. The monoisotopic (exact) mass is 136 g/mol. The first-order valence-electron chi connectivity index (χ1n) is 3.05. The van der Waals surface area contributed by atoms with E-state index in [-0.39, 0.29) is 5.92 Å². The van der Waals surface area contributed by atoms with Gasteiger partial charge >= 0.3 is 5.97 Å². The molecule has 0 saturated carbocycles. The van der Waals surface area contributed by atoms with Crippen molar-refractivity contribution in [2.24, 2.45) is 5.92 Å². The first-order chi connectivity index (χ1) is 4.79. The van der Waals surface area contributed by atoms with Gasteiger partial charge in [-0.3, -0.25) is 0 Å². The number of aliphatic carboxylic acids is 1. The van der Waals surface area contributed by atoms with Crippen LogP contribution in [0, 0.1) is 5.92 Å². The minimum absolute atomic E-state index is 0.177. The van der Waals surface area contributed by atoms with Gasteiger partial charge < -0.3 is 5.11 Å². The predicted molar refractivity (Wildman–Crippen MR) is 38.5 cm³/mol. The van der Waals surface area contributed by atoms with Gasteiger partial charge in [-0.25, -0.2) is 4.79 Å². The molecule has 0 aromatic heterocycles. The Kier molecular flexibility index (Phi) is 2.05. The van der Waals surface area contributed by atoms with E-state index in [4.69, 9.17) is 5.11 Å². The maximum absolute atomic E-state index is 10.0. The van der Waals surface area contributed by atoms with Crippen LogP contribution in [-0.2, 0) is 4.79 Å². The standard InChI is InChI=1S/C8H8O2/c9-8(10)6-5-7-3-1-2-4-7/h1-7H,(H,9,10). The van der Waals surface area contributed by atoms with E-state index in [0.29, 0.717) is 0 Å². The second-order valence-corrected chi connectivity index (χ2v) is 2.04. The first-order valence-corrected chi connectivity index (χ1v) is 3.05. The van der Waals surface area contributed by atoms with E-state index in [0.717, 1.165) is 6.08 Å². The van der Waals surface area contributed by atoms with Crippen LogP contribution in [0.15, 0.2) is 36.5 Å². The molecule has 0 amide bonds. The first kappa shape index (κ1) is 6.81. The number of allylic oxidation sites excluding steroid dienone is 5. The van der Waals surface area contributed by atoms with Crippen molar-refractivity contribution >= 4 is 5.97 Å². The lowest BCUT2D eigenvalue weighted by atomic mass is 10.1. The molecule has 0 radical (unpaired) electrons. The largest absolute Gasteiger partial charge is 0.478 e. The van der Waals surface area contributed by atoms with Gasteiger partial charge in [-0.2, -0.15) is 0 Å². The Hall–Kier alpha value is -1.31. The van der Waals surface area contributed by atoms with E-state index in [2.05, 4.69) is 0 Å². The fraction of sp³-hybridized carbons (Fsp3) is 0.125. The van der Waals surface area contributed by atoms with Crippen LogP contribution in [0.5, 0.6) is 0 Å². The van der Waals surface area contributed by atoms with Gasteiger partial charge in [-0.05, 0) is 0 Å². The Labute approximate surface area is 59.2 Å². The smallest absolute Gasteiger partial charge is 0.328 e. The topological polar surface area (TPSA) is 37.3 Å². The molecule has 0 atom stereocenters. The van der Waals surface area contributed by atoms with Gasteiger partial charge in [0, 0.05) is 12.0 Å². The minimum Gasteiger partial charge on any atom is -0.478 e. The zero-order valence-electron chi connectivity index (χ0n) is 5.40. The van der Waals surface area contributed by atoms with Gasteiger partial charge in [0.25, 0.3) is 0 Å². The molecule has 0 heterocycles. The predicted octanol–water partition coefficient (Wildman–Crippen LogP) is 1.37. The SMILES string of the molecule is O=C(O)C=CC1C=CC=C1. The van der Waals surface area contributed by atoms with Crippen molar-refractivity contribution in [3.63, 3.8) is 0 Å². The van der Waals surface area contributed by atoms with Gasteiger partial charge in [0.05, 0.1) is 0 Å². The molecule has 0 aromatic carbocycles. The highest BCUT2D eigenvalue weighted by Gasteiger charge is 1.97. The molecule has 10 heavy (non-hydrogen) atoms. The minimum atomic E-state index is -0.895. The summed E-state index contributed by atoms with van der Waals surface area (Å²) in [7, 11) is 0. The maximum Gasteiger partial charge on any atom is 0.328 e. The third-order valence-electron chi connectivity index (χ3n) is 1.24. The Morgan fingerprint density at radius 3 is 2.50 bits per heavy atom. The zero-order valence-corrected chi connectivity index (χ0v) is 5.40. The molecular weight excluding hydrogens is 128 g/mol. The highest BCUT2D eigenvalue weighted by Crippen LogP contribution is 2.09. The van der Waals surface area contributed by atoms with Crippen molar-refractivity contribution < 1.29 is 9.90 Å². The van der Waals surface area contributed by atoms with Gasteiger partial charge in [0.2, 0.25) is 0 Å². The Bertz CT molecular complexity index is 199. The summed E-state index contributed by atoms with van der Waals surface area (Å²) in [6.45, 7) is 0. The summed E-state index contributed by atoms with van der Waals surface area (Å²) in [6.07, 6.45) is 10.5. The van der Waals surface area contributed by atoms with Crippen molar-refractivity contribution in [2.75, 3.05) is 0 Å².